The van der Waals surface area contributed by atoms with Gasteiger partial charge in [0, 0.05) is 32.7 Å². The summed E-state index contributed by atoms with van der Waals surface area (Å²) in [6.07, 6.45) is 1.91. The molecule has 1 unspecified atom stereocenters. The lowest BCUT2D eigenvalue weighted by atomic mass is 10.2. The molecule has 1 atom stereocenters. The van der Waals surface area contributed by atoms with E-state index in [0.29, 0.717) is 0 Å². The van der Waals surface area contributed by atoms with Crippen molar-refractivity contribution in [2.24, 2.45) is 0 Å². The van der Waals surface area contributed by atoms with E-state index in [1.807, 2.05) is 24.9 Å². The lowest BCUT2D eigenvalue weighted by molar-refractivity contribution is -0.134. The summed E-state index contributed by atoms with van der Waals surface area (Å²) in [5.41, 5.74) is 0. The molecule has 4 heteroatoms. The van der Waals surface area contributed by atoms with Crippen molar-refractivity contribution in [3.63, 3.8) is 0 Å². The lowest BCUT2D eigenvalue weighted by Gasteiger charge is -2.35. The van der Waals surface area contributed by atoms with Gasteiger partial charge in [-0.3, -0.25) is 9.69 Å². The van der Waals surface area contributed by atoms with E-state index in [4.69, 9.17) is 0 Å². The summed E-state index contributed by atoms with van der Waals surface area (Å²) >= 11 is 0. The van der Waals surface area contributed by atoms with Crippen LogP contribution in [0.2, 0.25) is 0 Å². The Hall–Kier alpha value is -0.870. The van der Waals surface area contributed by atoms with E-state index in [1.165, 1.54) is 0 Å². The molecule has 0 saturated carbocycles. The van der Waals surface area contributed by atoms with Crippen molar-refractivity contribution >= 4 is 5.91 Å². The molecule has 0 aromatic rings. The summed E-state index contributed by atoms with van der Waals surface area (Å²) in [6, 6.07) is -0.0732. The fourth-order valence-electron chi connectivity index (χ4n) is 1.73. The number of hydrogen-bond donors (Lipinski definition) is 1. The number of likely N-dealkylation sites (N-methyl/N-ethyl adjacent to an activating group) is 1. The van der Waals surface area contributed by atoms with Gasteiger partial charge in [-0.05, 0) is 14.0 Å². The van der Waals surface area contributed by atoms with Gasteiger partial charge in [-0.25, -0.2) is 0 Å². The Labute approximate surface area is 91.9 Å². The fraction of sp³-hybridized carbons (Fsp3) is 0.727. The van der Waals surface area contributed by atoms with Gasteiger partial charge in [-0.15, -0.1) is 6.58 Å². The van der Waals surface area contributed by atoms with Crippen LogP contribution in [0.25, 0.3) is 0 Å². The molecule has 0 bridgehead atoms. The van der Waals surface area contributed by atoms with Crippen molar-refractivity contribution in [1.29, 1.82) is 0 Å². The van der Waals surface area contributed by atoms with Gasteiger partial charge in [0.1, 0.15) is 0 Å². The summed E-state index contributed by atoms with van der Waals surface area (Å²) in [4.78, 5) is 16.1. The highest BCUT2D eigenvalue weighted by molar-refractivity contribution is 5.81. The number of nitrogens with one attached hydrogen (secondary N) is 1. The standard InChI is InChI=1S/C11H21N3O/c1-4-5-13-6-8-14(9-7-13)11(15)10(2)12-3/h4,10,12H,1,5-9H2,2-3H3. The molecule has 0 aromatic carbocycles. The second-order valence-corrected chi connectivity index (χ2v) is 3.92. The molecule has 1 N–H and O–H groups in total. The second kappa shape index (κ2) is 5.88. The van der Waals surface area contributed by atoms with E-state index in [-0.39, 0.29) is 11.9 Å². The highest BCUT2D eigenvalue weighted by atomic mass is 16.2. The van der Waals surface area contributed by atoms with Crippen LogP contribution in [0.5, 0.6) is 0 Å². The van der Waals surface area contributed by atoms with E-state index in [9.17, 15) is 4.79 Å². The van der Waals surface area contributed by atoms with Crippen molar-refractivity contribution in [1.82, 2.24) is 15.1 Å². The van der Waals surface area contributed by atoms with Crippen molar-refractivity contribution in [3.05, 3.63) is 12.7 Å². The summed E-state index contributed by atoms with van der Waals surface area (Å²) in [5, 5.41) is 2.98. The third-order valence-electron chi connectivity index (χ3n) is 2.87. The minimum atomic E-state index is -0.0732. The molecule has 0 radical (unpaired) electrons. The van der Waals surface area contributed by atoms with Crippen LogP contribution in [0.4, 0.5) is 0 Å². The van der Waals surface area contributed by atoms with E-state index < -0.39 is 0 Å². The van der Waals surface area contributed by atoms with Gasteiger partial charge in [0.2, 0.25) is 5.91 Å². The maximum Gasteiger partial charge on any atom is 0.239 e. The van der Waals surface area contributed by atoms with Crippen LogP contribution in [-0.2, 0) is 4.79 Å². The Bertz CT molecular complexity index is 222. The maximum atomic E-state index is 11.8. The first-order valence-corrected chi connectivity index (χ1v) is 5.48. The number of rotatable bonds is 4. The molecule has 0 spiro atoms. The number of hydrogen-bond acceptors (Lipinski definition) is 3. The topological polar surface area (TPSA) is 35.6 Å². The van der Waals surface area contributed by atoms with Crippen molar-refractivity contribution in [2.45, 2.75) is 13.0 Å². The highest BCUT2D eigenvalue weighted by Crippen LogP contribution is 2.03. The van der Waals surface area contributed by atoms with Gasteiger partial charge in [0.05, 0.1) is 6.04 Å². The Morgan fingerprint density at radius 2 is 2.07 bits per heavy atom. The van der Waals surface area contributed by atoms with Crippen LogP contribution >= 0.6 is 0 Å². The van der Waals surface area contributed by atoms with Crippen LogP contribution in [0.1, 0.15) is 6.92 Å². The smallest absolute Gasteiger partial charge is 0.239 e. The third kappa shape index (κ3) is 3.32. The predicted molar refractivity (Wildman–Crippen MR) is 61.7 cm³/mol. The van der Waals surface area contributed by atoms with Gasteiger partial charge in [0.25, 0.3) is 0 Å². The zero-order valence-electron chi connectivity index (χ0n) is 9.70. The molecule has 1 amide bonds. The first kappa shape index (κ1) is 12.2. The molecule has 0 aliphatic carbocycles. The first-order chi connectivity index (χ1) is 7.19. The van der Waals surface area contributed by atoms with Gasteiger partial charge >= 0.3 is 0 Å². The minimum absolute atomic E-state index is 0.0732. The zero-order chi connectivity index (χ0) is 11.3. The van der Waals surface area contributed by atoms with Crippen LogP contribution in [-0.4, -0.2) is 61.5 Å². The van der Waals surface area contributed by atoms with Crippen molar-refractivity contribution < 1.29 is 4.79 Å². The summed E-state index contributed by atoms with van der Waals surface area (Å²) in [7, 11) is 1.82. The number of carbonyl (C=O) groups excluding carboxylic acids is 1. The largest absolute Gasteiger partial charge is 0.339 e. The SMILES string of the molecule is C=CCN1CCN(C(=O)C(C)NC)CC1. The Balaban J connectivity index is 2.36. The Kier molecular flexibility index (Phi) is 4.78. The zero-order valence-corrected chi connectivity index (χ0v) is 9.70. The average molecular weight is 211 g/mol. The monoisotopic (exact) mass is 211 g/mol. The van der Waals surface area contributed by atoms with E-state index in [0.717, 1.165) is 32.7 Å². The normalized spacial score (nSPS) is 20.0. The van der Waals surface area contributed by atoms with Crippen molar-refractivity contribution in [3.8, 4) is 0 Å². The highest BCUT2D eigenvalue weighted by Gasteiger charge is 2.23. The van der Waals surface area contributed by atoms with Gasteiger partial charge in [-0.1, -0.05) is 6.08 Å². The number of nitrogens with zero attached hydrogens (tertiary/aromatic N) is 2. The molecule has 1 rings (SSSR count). The van der Waals surface area contributed by atoms with Crippen LogP contribution in [0.3, 0.4) is 0 Å². The molecule has 1 aliphatic rings. The van der Waals surface area contributed by atoms with Crippen LogP contribution in [0, 0.1) is 0 Å². The molecule has 1 fully saturated rings. The van der Waals surface area contributed by atoms with E-state index in [2.05, 4.69) is 16.8 Å². The first-order valence-electron chi connectivity index (χ1n) is 5.48. The second-order valence-electron chi connectivity index (χ2n) is 3.92. The molecule has 1 saturated heterocycles. The predicted octanol–water partition coefficient (Wildman–Crippen LogP) is -0.0755. The van der Waals surface area contributed by atoms with E-state index in [1.54, 1.807) is 0 Å². The molecule has 4 nitrogen and oxygen atoms in total. The summed E-state index contributed by atoms with van der Waals surface area (Å²) in [6.45, 7) is 10.1. The Morgan fingerprint density at radius 1 is 1.47 bits per heavy atom. The molecular weight excluding hydrogens is 190 g/mol. The van der Waals surface area contributed by atoms with Crippen LogP contribution < -0.4 is 5.32 Å². The average Bonchev–Trinajstić information content (AvgIpc) is 2.28. The maximum absolute atomic E-state index is 11.8. The summed E-state index contributed by atoms with van der Waals surface area (Å²) < 4.78 is 0. The minimum Gasteiger partial charge on any atom is -0.339 e. The lowest BCUT2D eigenvalue weighted by Crippen LogP contribution is -2.52. The van der Waals surface area contributed by atoms with Crippen molar-refractivity contribution in [2.75, 3.05) is 39.8 Å². The molecule has 1 heterocycles. The van der Waals surface area contributed by atoms with Gasteiger partial charge in [-0.2, -0.15) is 0 Å². The van der Waals surface area contributed by atoms with Crippen LogP contribution in [0.15, 0.2) is 12.7 Å². The van der Waals surface area contributed by atoms with Gasteiger partial charge < -0.3 is 10.2 Å². The molecule has 0 aromatic heterocycles. The van der Waals surface area contributed by atoms with E-state index >= 15 is 0 Å². The quantitative estimate of drug-likeness (QED) is 0.661. The number of piperazine rings is 1. The molecular formula is C11H21N3O. The fourth-order valence-corrected chi connectivity index (χ4v) is 1.73. The third-order valence-corrected chi connectivity index (χ3v) is 2.87. The molecule has 86 valence electrons. The number of carbonyl (C=O) groups is 1. The van der Waals surface area contributed by atoms with Gasteiger partial charge in [0.15, 0.2) is 0 Å². The number of amides is 1. The molecule has 1 aliphatic heterocycles. The Morgan fingerprint density at radius 3 is 2.53 bits per heavy atom. The summed E-state index contributed by atoms with van der Waals surface area (Å²) in [5.74, 6) is 0.204. The molecule has 15 heavy (non-hydrogen) atoms.